The number of phenolic OH excluding ortho intramolecular Hbond substituents is 1. The van der Waals surface area contributed by atoms with Crippen LogP contribution in [0.3, 0.4) is 0 Å². The van der Waals surface area contributed by atoms with E-state index in [9.17, 15) is 19.5 Å². The van der Waals surface area contributed by atoms with E-state index in [4.69, 9.17) is 4.74 Å². The predicted octanol–water partition coefficient (Wildman–Crippen LogP) is 3.42. The van der Waals surface area contributed by atoms with Crippen LogP contribution < -0.4 is 10.6 Å². The maximum Gasteiger partial charge on any atom is 0.354 e. The number of esters is 1. The first-order valence-electron chi connectivity index (χ1n) is 9.75. The van der Waals surface area contributed by atoms with E-state index >= 15 is 0 Å². The minimum absolute atomic E-state index is 0.0824. The Balaban J connectivity index is 1.72. The van der Waals surface area contributed by atoms with E-state index in [-0.39, 0.29) is 29.5 Å². The maximum atomic E-state index is 12.8. The molecule has 8 nitrogen and oxygen atoms in total. The lowest BCUT2D eigenvalue weighted by Gasteiger charge is -2.11. The normalized spacial score (nSPS) is 10.9. The van der Waals surface area contributed by atoms with Crippen LogP contribution >= 0.6 is 15.9 Å². The number of carbonyl (C=O) groups excluding carboxylic acids is 3. The molecule has 0 fully saturated rings. The minimum Gasteiger partial charge on any atom is -0.508 e. The van der Waals surface area contributed by atoms with Crippen molar-refractivity contribution in [2.75, 3.05) is 7.11 Å². The van der Waals surface area contributed by atoms with Crippen LogP contribution in [0.2, 0.25) is 0 Å². The van der Waals surface area contributed by atoms with E-state index in [1.165, 1.54) is 31.4 Å². The van der Waals surface area contributed by atoms with Crippen molar-refractivity contribution in [2.45, 2.75) is 6.54 Å². The van der Waals surface area contributed by atoms with Crippen LogP contribution in [0.5, 0.6) is 5.75 Å². The molecule has 0 saturated carbocycles. The van der Waals surface area contributed by atoms with Crippen molar-refractivity contribution in [3.05, 3.63) is 99.4 Å². The van der Waals surface area contributed by atoms with Gasteiger partial charge in [0.2, 0.25) is 0 Å². The second kappa shape index (κ2) is 11.1. The zero-order valence-corrected chi connectivity index (χ0v) is 19.1. The lowest BCUT2D eigenvalue weighted by molar-refractivity contribution is -0.136. The van der Waals surface area contributed by atoms with Gasteiger partial charge in [0.05, 0.1) is 18.4 Å². The van der Waals surface area contributed by atoms with Crippen molar-refractivity contribution < 1.29 is 24.2 Å². The maximum absolute atomic E-state index is 12.8. The Morgan fingerprint density at radius 3 is 2.55 bits per heavy atom. The zero-order chi connectivity index (χ0) is 23.8. The van der Waals surface area contributed by atoms with Crippen molar-refractivity contribution in [3.8, 4) is 5.75 Å². The van der Waals surface area contributed by atoms with Gasteiger partial charge in [-0.1, -0.05) is 18.2 Å². The fraction of sp³-hybridized carbons (Fsp3) is 0.0833. The summed E-state index contributed by atoms with van der Waals surface area (Å²) in [5.74, 6) is -1.53. The number of hydrogen-bond donors (Lipinski definition) is 3. The summed E-state index contributed by atoms with van der Waals surface area (Å²) in [7, 11) is 1.21. The van der Waals surface area contributed by atoms with Gasteiger partial charge in [-0.3, -0.25) is 14.6 Å². The van der Waals surface area contributed by atoms with E-state index in [1.54, 1.807) is 48.7 Å². The van der Waals surface area contributed by atoms with E-state index in [2.05, 4.69) is 31.5 Å². The molecule has 2 amide bonds. The molecule has 0 aliphatic rings. The highest BCUT2D eigenvalue weighted by atomic mass is 79.9. The number of amides is 2. The minimum atomic E-state index is -0.729. The number of rotatable bonds is 7. The molecule has 33 heavy (non-hydrogen) atoms. The lowest BCUT2D eigenvalue weighted by atomic mass is 10.1. The quantitative estimate of drug-likeness (QED) is 0.331. The van der Waals surface area contributed by atoms with Gasteiger partial charge in [0, 0.05) is 22.8 Å². The molecule has 3 rings (SSSR count). The second-order valence-electron chi connectivity index (χ2n) is 6.81. The summed E-state index contributed by atoms with van der Waals surface area (Å²) < 4.78 is 5.11. The molecule has 0 spiro atoms. The summed E-state index contributed by atoms with van der Waals surface area (Å²) in [6.07, 6.45) is 2.96. The van der Waals surface area contributed by atoms with Gasteiger partial charge in [0.15, 0.2) is 0 Å². The fourth-order valence-electron chi connectivity index (χ4n) is 2.85. The number of phenols is 1. The number of hydrogen-bond acceptors (Lipinski definition) is 6. The van der Waals surface area contributed by atoms with Gasteiger partial charge in [-0.25, -0.2) is 4.79 Å². The Hall–Kier alpha value is -3.98. The Bertz CT molecular complexity index is 1210. The van der Waals surface area contributed by atoms with Gasteiger partial charge in [0.1, 0.15) is 11.4 Å². The molecule has 2 aromatic carbocycles. The van der Waals surface area contributed by atoms with Crippen molar-refractivity contribution in [1.82, 2.24) is 15.6 Å². The highest BCUT2D eigenvalue weighted by molar-refractivity contribution is 9.10. The standard InChI is InChI=1S/C24H20BrN3O5/c1-33-24(32)21(13-17-6-2-3-10-26-17)28-23(31)19-9-8-16(12-20(19)25)22(30)27-14-15-5-4-7-18(29)11-15/h2-13,29H,14H2,1H3,(H,27,30)(H,28,31). The molecular formula is C24H20BrN3O5. The summed E-state index contributed by atoms with van der Waals surface area (Å²) in [5.41, 5.74) is 1.68. The topological polar surface area (TPSA) is 118 Å². The van der Waals surface area contributed by atoms with E-state index < -0.39 is 11.9 Å². The van der Waals surface area contributed by atoms with Crippen LogP contribution in [-0.2, 0) is 16.1 Å². The first-order valence-corrected chi connectivity index (χ1v) is 10.5. The van der Waals surface area contributed by atoms with E-state index in [0.717, 1.165) is 5.56 Å². The molecule has 1 aromatic heterocycles. The van der Waals surface area contributed by atoms with Gasteiger partial charge in [-0.2, -0.15) is 0 Å². The summed E-state index contributed by atoms with van der Waals surface area (Å²) in [4.78, 5) is 41.5. The van der Waals surface area contributed by atoms with Crippen molar-refractivity contribution >= 4 is 39.8 Å². The zero-order valence-electron chi connectivity index (χ0n) is 17.5. The first-order chi connectivity index (χ1) is 15.9. The van der Waals surface area contributed by atoms with Gasteiger partial charge in [-0.15, -0.1) is 0 Å². The monoisotopic (exact) mass is 509 g/mol. The SMILES string of the molecule is COC(=O)C(=Cc1ccccn1)NC(=O)c1ccc(C(=O)NCc2cccc(O)c2)cc1Br. The third-order valence-corrected chi connectivity index (χ3v) is 5.13. The number of pyridine rings is 1. The summed E-state index contributed by atoms with van der Waals surface area (Å²) in [6.45, 7) is 0.230. The van der Waals surface area contributed by atoms with E-state index in [1.807, 2.05) is 0 Å². The highest BCUT2D eigenvalue weighted by Gasteiger charge is 2.18. The smallest absolute Gasteiger partial charge is 0.354 e. The molecule has 0 saturated heterocycles. The number of nitrogens with one attached hydrogen (secondary N) is 2. The van der Waals surface area contributed by atoms with Crippen LogP contribution in [-0.4, -0.2) is 35.0 Å². The number of halogens is 1. The average molecular weight is 510 g/mol. The van der Waals surface area contributed by atoms with Crippen LogP contribution in [0.4, 0.5) is 0 Å². The lowest BCUT2D eigenvalue weighted by Crippen LogP contribution is -2.28. The molecule has 168 valence electrons. The largest absolute Gasteiger partial charge is 0.508 e. The predicted molar refractivity (Wildman–Crippen MR) is 125 cm³/mol. The number of benzene rings is 2. The summed E-state index contributed by atoms with van der Waals surface area (Å²) in [6, 6.07) is 16.2. The van der Waals surface area contributed by atoms with Crippen LogP contribution in [0.15, 0.2) is 77.0 Å². The molecule has 0 aliphatic carbocycles. The number of carbonyl (C=O) groups is 3. The van der Waals surface area contributed by atoms with Gasteiger partial charge in [-0.05, 0) is 70.0 Å². The number of methoxy groups -OCH3 is 1. The van der Waals surface area contributed by atoms with Crippen molar-refractivity contribution in [1.29, 1.82) is 0 Å². The molecule has 0 aliphatic heterocycles. The molecule has 0 unspecified atom stereocenters. The van der Waals surface area contributed by atoms with Crippen LogP contribution in [0.1, 0.15) is 32.0 Å². The third-order valence-electron chi connectivity index (χ3n) is 4.47. The molecular weight excluding hydrogens is 490 g/mol. The molecule has 3 aromatic rings. The van der Waals surface area contributed by atoms with Gasteiger partial charge >= 0.3 is 5.97 Å². The van der Waals surface area contributed by atoms with Crippen LogP contribution in [0, 0.1) is 0 Å². The summed E-state index contributed by atoms with van der Waals surface area (Å²) in [5, 5.41) is 14.8. The third kappa shape index (κ3) is 6.50. The molecule has 0 bridgehead atoms. The van der Waals surface area contributed by atoms with Crippen molar-refractivity contribution in [3.63, 3.8) is 0 Å². The number of nitrogens with zero attached hydrogens (tertiary/aromatic N) is 1. The fourth-order valence-corrected chi connectivity index (χ4v) is 3.41. The Morgan fingerprint density at radius 1 is 1.06 bits per heavy atom. The highest BCUT2D eigenvalue weighted by Crippen LogP contribution is 2.20. The van der Waals surface area contributed by atoms with Gasteiger partial charge in [0.25, 0.3) is 11.8 Å². The van der Waals surface area contributed by atoms with Crippen LogP contribution in [0.25, 0.3) is 6.08 Å². The summed E-state index contributed by atoms with van der Waals surface area (Å²) >= 11 is 3.31. The molecule has 9 heteroatoms. The molecule has 3 N–H and O–H groups in total. The molecule has 0 radical (unpaired) electrons. The molecule has 1 heterocycles. The van der Waals surface area contributed by atoms with E-state index in [0.29, 0.717) is 15.7 Å². The number of aromatic hydroxyl groups is 1. The van der Waals surface area contributed by atoms with Gasteiger partial charge < -0.3 is 20.5 Å². The Kier molecular flexibility index (Phi) is 7.93. The molecule has 0 atom stereocenters. The number of ether oxygens (including phenoxy) is 1. The van der Waals surface area contributed by atoms with Crippen molar-refractivity contribution in [2.24, 2.45) is 0 Å². The Labute approximate surface area is 198 Å². The Morgan fingerprint density at radius 2 is 1.88 bits per heavy atom. The second-order valence-corrected chi connectivity index (χ2v) is 7.66. The first kappa shape index (κ1) is 23.7. The number of aromatic nitrogens is 1. The average Bonchev–Trinajstić information content (AvgIpc) is 2.82.